The van der Waals surface area contributed by atoms with Gasteiger partial charge < -0.3 is 5.32 Å². The molecule has 102 valence electrons. The van der Waals surface area contributed by atoms with E-state index in [-0.39, 0.29) is 6.04 Å². The van der Waals surface area contributed by atoms with Gasteiger partial charge in [-0.1, -0.05) is 29.6 Å². The Morgan fingerprint density at radius 1 is 1.25 bits per heavy atom. The summed E-state index contributed by atoms with van der Waals surface area (Å²) < 4.78 is 4.07. The maximum Gasteiger partial charge on any atom is 0.0776 e. The molecular formula is C15H16N4S. The summed E-state index contributed by atoms with van der Waals surface area (Å²) in [7, 11) is 0. The van der Waals surface area contributed by atoms with Crippen LogP contribution in [0.15, 0.2) is 36.5 Å². The van der Waals surface area contributed by atoms with E-state index in [0.29, 0.717) is 0 Å². The van der Waals surface area contributed by atoms with Gasteiger partial charge in [-0.25, -0.2) is 0 Å². The molecule has 0 aliphatic rings. The molecule has 2 aromatic heterocycles. The van der Waals surface area contributed by atoms with Gasteiger partial charge in [0.05, 0.1) is 22.1 Å². The van der Waals surface area contributed by atoms with Crippen molar-refractivity contribution >= 4 is 22.4 Å². The van der Waals surface area contributed by atoms with Crippen molar-refractivity contribution in [1.82, 2.24) is 19.9 Å². The Balaban J connectivity index is 2.17. The average Bonchev–Trinajstić information content (AvgIpc) is 2.90. The summed E-state index contributed by atoms with van der Waals surface area (Å²) >= 11 is 1.46. The van der Waals surface area contributed by atoms with Crippen molar-refractivity contribution in [2.75, 3.05) is 6.54 Å². The Bertz CT molecular complexity index is 717. The number of aromatic nitrogens is 3. The zero-order valence-corrected chi connectivity index (χ0v) is 12.3. The summed E-state index contributed by atoms with van der Waals surface area (Å²) in [6.07, 6.45) is 1.83. The van der Waals surface area contributed by atoms with Crippen LogP contribution >= 0.6 is 11.5 Å². The minimum atomic E-state index is 0.118. The highest BCUT2D eigenvalue weighted by Gasteiger charge is 2.20. The number of rotatable bonds is 4. The third-order valence-corrected chi connectivity index (χ3v) is 4.24. The number of nitrogens with one attached hydrogen (secondary N) is 1. The third kappa shape index (κ3) is 2.30. The summed E-state index contributed by atoms with van der Waals surface area (Å²) in [4.78, 5) is 5.60. The van der Waals surface area contributed by atoms with E-state index in [1.807, 2.05) is 25.3 Å². The van der Waals surface area contributed by atoms with Crippen LogP contribution in [0.5, 0.6) is 0 Å². The number of aryl methyl sites for hydroxylation is 1. The molecule has 1 N–H and O–H groups in total. The lowest BCUT2D eigenvalue weighted by Crippen LogP contribution is -2.22. The summed E-state index contributed by atoms with van der Waals surface area (Å²) in [6, 6.07) is 10.5. The molecular weight excluding hydrogens is 268 g/mol. The SMILES string of the molecule is CCNC(c1snnc1C)c1cccc2ncccc12. The van der Waals surface area contributed by atoms with Crippen LogP contribution in [-0.4, -0.2) is 21.1 Å². The number of hydrogen-bond acceptors (Lipinski definition) is 5. The predicted molar refractivity (Wildman–Crippen MR) is 81.9 cm³/mol. The molecule has 3 aromatic rings. The van der Waals surface area contributed by atoms with Crippen LogP contribution in [0.3, 0.4) is 0 Å². The molecule has 0 fully saturated rings. The lowest BCUT2D eigenvalue weighted by atomic mass is 9.99. The molecule has 0 aliphatic heterocycles. The van der Waals surface area contributed by atoms with Gasteiger partial charge in [0.1, 0.15) is 0 Å². The van der Waals surface area contributed by atoms with Crippen molar-refractivity contribution in [3.05, 3.63) is 52.7 Å². The van der Waals surface area contributed by atoms with Gasteiger partial charge in [0.15, 0.2) is 0 Å². The minimum absolute atomic E-state index is 0.118. The van der Waals surface area contributed by atoms with Crippen LogP contribution in [0.2, 0.25) is 0 Å². The Morgan fingerprint density at radius 2 is 2.15 bits per heavy atom. The molecule has 0 amide bonds. The molecule has 3 rings (SSSR count). The average molecular weight is 284 g/mol. The largest absolute Gasteiger partial charge is 0.306 e. The van der Waals surface area contributed by atoms with E-state index >= 15 is 0 Å². The summed E-state index contributed by atoms with van der Waals surface area (Å²) in [5.74, 6) is 0. The second kappa shape index (κ2) is 5.64. The molecule has 0 spiro atoms. The molecule has 5 heteroatoms. The van der Waals surface area contributed by atoms with Crippen LogP contribution in [0, 0.1) is 6.92 Å². The van der Waals surface area contributed by atoms with Gasteiger partial charge in [0.2, 0.25) is 0 Å². The summed E-state index contributed by atoms with van der Waals surface area (Å²) in [5, 5.41) is 8.85. The fourth-order valence-corrected chi connectivity index (χ4v) is 3.17. The molecule has 4 nitrogen and oxygen atoms in total. The van der Waals surface area contributed by atoms with Crippen LogP contribution in [0.1, 0.15) is 29.1 Å². The van der Waals surface area contributed by atoms with Crippen molar-refractivity contribution in [1.29, 1.82) is 0 Å². The van der Waals surface area contributed by atoms with Gasteiger partial charge in [-0.15, -0.1) is 5.10 Å². The van der Waals surface area contributed by atoms with Gasteiger partial charge in [0.25, 0.3) is 0 Å². The first kappa shape index (κ1) is 13.1. The molecule has 1 unspecified atom stereocenters. The van der Waals surface area contributed by atoms with Gasteiger partial charge >= 0.3 is 0 Å². The Hall–Kier alpha value is -1.85. The number of benzene rings is 1. The Morgan fingerprint density at radius 3 is 2.90 bits per heavy atom. The fraction of sp³-hybridized carbons (Fsp3) is 0.267. The normalized spacial score (nSPS) is 12.7. The molecule has 1 aromatic carbocycles. The lowest BCUT2D eigenvalue weighted by Gasteiger charge is -2.18. The number of pyridine rings is 1. The van der Waals surface area contributed by atoms with Crippen LogP contribution in [0.4, 0.5) is 0 Å². The molecule has 1 atom stereocenters. The summed E-state index contributed by atoms with van der Waals surface area (Å²) in [6.45, 7) is 5.01. The smallest absolute Gasteiger partial charge is 0.0776 e. The van der Waals surface area contributed by atoms with E-state index in [4.69, 9.17) is 0 Å². The quantitative estimate of drug-likeness (QED) is 0.800. The van der Waals surface area contributed by atoms with E-state index in [1.165, 1.54) is 27.4 Å². The van der Waals surface area contributed by atoms with Crippen LogP contribution < -0.4 is 5.32 Å². The molecule has 0 aliphatic carbocycles. The second-order valence-electron chi connectivity index (χ2n) is 4.63. The Kier molecular flexibility index (Phi) is 3.71. The summed E-state index contributed by atoms with van der Waals surface area (Å²) in [5.41, 5.74) is 3.23. The lowest BCUT2D eigenvalue weighted by molar-refractivity contribution is 0.639. The standard InChI is InChI=1S/C15H16N4S/c1-3-16-14(15-10(2)18-19-20-15)12-6-4-8-13-11(12)7-5-9-17-13/h4-9,14,16H,3H2,1-2H3. The van der Waals surface area contributed by atoms with Crippen molar-refractivity contribution in [2.24, 2.45) is 0 Å². The second-order valence-corrected chi connectivity index (χ2v) is 5.42. The number of hydrogen-bond donors (Lipinski definition) is 1. The van der Waals surface area contributed by atoms with E-state index in [0.717, 1.165) is 17.8 Å². The maximum absolute atomic E-state index is 4.43. The first-order valence-corrected chi connectivity index (χ1v) is 7.44. The topological polar surface area (TPSA) is 50.7 Å². The van der Waals surface area contributed by atoms with Gasteiger partial charge in [-0.05, 0) is 42.7 Å². The molecule has 0 radical (unpaired) electrons. The van der Waals surface area contributed by atoms with E-state index in [2.05, 4.69) is 45.0 Å². The van der Waals surface area contributed by atoms with Gasteiger partial charge in [-0.2, -0.15) is 0 Å². The van der Waals surface area contributed by atoms with Crippen molar-refractivity contribution in [3.63, 3.8) is 0 Å². The number of fused-ring (bicyclic) bond motifs is 1. The highest BCUT2D eigenvalue weighted by atomic mass is 32.1. The molecule has 0 saturated heterocycles. The molecule has 0 bridgehead atoms. The van der Waals surface area contributed by atoms with Gasteiger partial charge in [-0.3, -0.25) is 4.98 Å². The van der Waals surface area contributed by atoms with Crippen molar-refractivity contribution < 1.29 is 0 Å². The first-order valence-electron chi connectivity index (χ1n) is 6.67. The van der Waals surface area contributed by atoms with E-state index in [1.54, 1.807) is 0 Å². The van der Waals surface area contributed by atoms with Gasteiger partial charge in [0, 0.05) is 11.6 Å². The van der Waals surface area contributed by atoms with Crippen LogP contribution in [0.25, 0.3) is 10.9 Å². The monoisotopic (exact) mass is 284 g/mol. The molecule has 20 heavy (non-hydrogen) atoms. The fourth-order valence-electron chi connectivity index (χ4n) is 2.43. The number of nitrogens with zero attached hydrogens (tertiary/aromatic N) is 3. The molecule has 2 heterocycles. The Labute approximate surface area is 122 Å². The highest BCUT2D eigenvalue weighted by Crippen LogP contribution is 2.31. The van der Waals surface area contributed by atoms with E-state index < -0.39 is 0 Å². The third-order valence-electron chi connectivity index (χ3n) is 3.35. The van der Waals surface area contributed by atoms with Crippen molar-refractivity contribution in [2.45, 2.75) is 19.9 Å². The van der Waals surface area contributed by atoms with Crippen LogP contribution in [-0.2, 0) is 0 Å². The highest BCUT2D eigenvalue weighted by molar-refractivity contribution is 7.05. The zero-order chi connectivity index (χ0) is 13.9. The zero-order valence-electron chi connectivity index (χ0n) is 11.5. The minimum Gasteiger partial charge on any atom is -0.306 e. The first-order chi connectivity index (χ1) is 9.81. The molecule has 0 saturated carbocycles. The van der Waals surface area contributed by atoms with E-state index in [9.17, 15) is 0 Å². The predicted octanol–water partition coefficient (Wildman–Crippen LogP) is 3.09. The van der Waals surface area contributed by atoms with Crippen molar-refractivity contribution in [3.8, 4) is 0 Å². The maximum atomic E-state index is 4.43.